The Hall–Kier alpha value is -1.51. The molecule has 1 heterocycles. The first-order valence-corrected chi connectivity index (χ1v) is 6.25. The van der Waals surface area contributed by atoms with Gasteiger partial charge in [-0.25, -0.2) is 0 Å². The van der Waals surface area contributed by atoms with Gasteiger partial charge in [-0.1, -0.05) is 18.3 Å². The van der Waals surface area contributed by atoms with Crippen LogP contribution < -0.4 is 4.74 Å². The molecule has 1 fully saturated rings. The summed E-state index contributed by atoms with van der Waals surface area (Å²) in [7, 11) is 0. The van der Waals surface area contributed by atoms with E-state index >= 15 is 0 Å². The normalized spacial score (nSPS) is 15.6. The summed E-state index contributed by atoms with van der Waals surface area (Å²) in [6.07, 6.45) is -9.28. The lowest BCUT2D eigenvalue weighted by molar-refractivity contribution is -0.276. The average Bonchev–Trinajstić information content (AvgIpc) is 2.22. The third-order valence-electron chi connectivity index (χ3n) is 2.90. The lowest BCUT2D eigenvalue weighted by Gasteiger charge is -2.33. The Kier molecular flexibility index (Phi) is 4.05. The van der Waals surface area contributed by atoms with Gasteiger partial charge in [-0.05, 0) is 18.6 Å². The minimum absolute atomic E-state index is 0.0944. The van der Waals surface area contributed by atoms with Crippen LogP contribution in [0.5, 0.6) is 5.75 Å². The molecule has 2 rings (SSSR count). The number of rotatable bonds is 2. The van der Waals surface area contributed by atoms with Crippen LogP contribution in [0.25, 0.3) is 0 Å². The van der Waals surface area contributed by atoms with Crippen molar-refractivity contribution in [3.63, 3.8) is 0 Å². The third-order valence-corrected chi connectivity index (χ3v) is 3.40. The highest BCUT2D eigenvalue weighted by Crippen LogP contribution is 2.39. The molecule has 0 bridgehead atoms. The van der Waals surface area contributed by atoms with Crippen LogP contribution in [0.1, 0.15) is 17.5 Å². The van der Waals surface area contributed by atoms with E-state index < -0.39 is 23.9 Å². The highest BCUT2D eigenvalue weighted by atomic mass is 32.1. The second kappa shape index (κ2) is 5.36. The summed E-state index contributed by atoms with van der Waals surface area (Å²) in [4.78, 5) is 1.90. The van der Waals surface area contributed by atoms with Crippen molar-refractivity contribution in [2.45, 2.75) is 19.0 Å². The Morgan fingerprint density at radius 1 is 1.10 bits per heavy atom. The van der Waals surface area contributed by atoms with E-state index in [2.05, 4.69) is 4.74 Å². The van der Waals surface area contributed by atoms with Gasteiger partial charge in [0.15, 0.2) is 0 Å². The Morgan fingerprint density at radius 2 is 1.71 bits per heavy atom. The molecule has 0 atom stereocenters. The van der Waals surface area contributed by atoms with Gasteiger partial charge in [-0.2, -0.15) is 13.2 Å². The quantitative estimate of drug-likeness (QED) is 0.601. The number of ether oxygens (including phenoxy) is 1. The molecule has 1 saturated heterocycles. The third kappa shape index (κ3) is 3.78. The first-order chi connectivity index (χ1) is 9.58. The summed E-state index contributed by atoms with van der Waals surface area (Å²) in [6, 6.07) is 2.27. The van der Waals surface area contributed by atoms with E-state index in [0.717, 1.165) is 12.5 Å². The molecule has 2 nitrogen and oxygen atoms in total. The first-order valence-electron chi connectivity index (χ1n) is 5.84. The van der Waals surface area contributed by atoms with Crippen LogP contribution in [0.3, 0.4) is 0 Å². The predicted molar refractivity (Wildman–Crippen MR) is 66.0 cm³/mol. The zero-order chi connectivity index (χ0) is 15.8. The van der Waals surface area contributed by atoms with E-state index in [4.69, 9.17) is 12.2 Å². The smallest absolute Gasteiger partial charge is 0.405 e. The van der Waals surface area contributed by atoms with Crippen molar-refractivity contribution in [3.05, 3.63) is 29.3 Å². The second-order valence-corrected chi connectivity index (χ2v) is 4.79. The lowest BCUT2D eigenvalue weighted by Crippen LogP contribution is -2.41. The van der Waals surface area contributed by atoms with Gasteiger partial charge >= 0.3 is 12.5 Å². The topological polar surface area (TPSA) is 12.5 Å². The predicted octanol–water partition coefficient (Wildman–Crippen LogP) is 3.99. The van der Waals surface area contributed by atoms with Crippen LogP contribution in [-0.4, -0.2) is 29.3 Å². The number of alkyl halides is 6. The molecule has 0 aliphatic carbocycles. The van der Waals surface area contributed by atoms with E-state index in [0.29, 0.717) is 25.2 Å². The molecular weight excluding hydrogens is 320 g/mol. The highest BCUT2D eigenvalue weighted by Gasteiger charge is 2.39. The second-order valence-electron chi connectivity index (χ2n) is 4.40. The summed E-state index contributed by atoms with van der Waals surface area (Å²) < 4.78 is 78.3. The maximum Gasteiger partial charge on any atom is 0.573 e. The number of likely N-dealkylation sites (tertiary alicyclic amines) is 1. The molecule has 0 aromatic heterocycles. The average molecular weight is 329 g/mol. The minimum atomic E-state index is -5.21. The number of benzene rings is 1. The van der Waals surface area contributed by atoms with Crippen molar-refractivity contribution in [2.24, 2.45) is 0 Å². The van der Waals surface area contributed by atoms with Gasteiger partial charge in [0.1, 0.15) is 10.7 Å². The molecule has 0 unspecified atom stereocenters. The van der Waals surface area contributed by atoms with E-state index in [1.807, 2.05) is 0 Å². The van der Waals surface area contributed by atoms with E-state index in [1.54, 1.807) is 4.90 Å². The highest BCUT2D eigenvalue weighted by molar-refractivity contribution is 7.80. The molecule has 0 spiro atoms. The zero-order valence-electron chi connectivity index (χ0n) is 10.4. The standard InChI is InChI=1S/C12H9F6NOS/c13-11(14,15)8-3-2-7(10(21)19-4-1-5-19)6-9(8)20-12(16,17)18/h2-3,6H,1,4-5H2. The summed E-state index contributed by atoms with van der Waals surface area (Å²) in [5.74, 6) is -1.30. The zero-order valence-corrected chi connectivity index (χ0v) is 11.2. The molecule has 1 aromatic carbocycles. The fraction of sp³-hybridized carbons (Fsp3) is 0.417. The van der Waals surface area contributed by atoms with Crippen molar-refractivity contribution < 1.29 is 31.1 Å². The Labute approximate surface area is 121 Å². The van der Waals surface area contributed by atoms with Crippen molar-refractivity contribution in [1.82, 2.24) is 4.90 Å². The van der Waals surface area contributed by atoms with E-state index in [9.17, 15) is 26.3 Å². The van der Waals surface area contributed by atoms with E-state index in [1.165, 1.54) is 0 Å². The monoisotopic (exact) mass is 329 g/mol. The van der Waals surface area contributed by atoms with Crippen molar-refractivity contribution in [2.75, 3.05) is 13.1 Å². The molecule has 116 valence electrons. The molecule has 0 saturated carbocycles. The van der Waals surface area contributed by atoms with Crippen LogP contribution in [0.2, 0.25) is 0 Å². The number of hydrogen-bond acceptors (Lipinski definition) is 2. The Bertz CT molecular complexity index is 550. The van der Waals surface area contributed by atoms with Crippen LogP contribution in [0.4, 0.5) is 26.3 Å². The van der Waals surface area contributed by atoms with Gasteiger partial charge in [-0.15, -0.1) is 13.2 Å². The molecular formula is C12H9F6NOS. The molecule has 0 N–H and O–H groups in total. The summed E-state index contributed by atoms with van der Waals surface area (Å²) in [5, 5.41) is 0. The van der Waals surface area contributed by atoms with Gasteiger partial charge in [0, 0.05) is 18.7 Å². The van der Waals surface area contributed by atoms with Crippen molar-refractivity contribution >= 4 is 17.2 Å². The van der Waals surface area contributed by atoms with Crippen LogP contribution in [0, 0.1) is 0 Å². The first kappa shape index (κ1) is 15.9. The fourth-order valence-corrected chi connectivity index (χ4v) is 2.11. The molecule has 1 aliphatic rings. The van der Waals surface area contributed by atoms with Crippen molar-refractivity contribution in [1.29, 1.82) is 0 Å². The van der Waals surface area contributed by atoms with Gasteiger partial charge < -0.3 is 9.64 Å². The maximum absolute atomic E-state index is 12.7. The summed E-state index contributed by atoms with van der Waals surface area (Å²) in [6.45, 7) is 1.27. The number of thiocarbonyl (C=S) groups is 1. The van der Waals surface area contributed by atoms with Gasteiger partial charge in [0.05, 0.1) is 5.56 Å². The van der Waals surface area contributed by atoms with Crippen LogP contribution in [0.15, 0.2) is 18.2 Å². The molecule has 1 aromatic rings. The van der Waals surface area contributed by atoms with Gasteiger partial charge in [0.2, 0.25) is 0 Å². The molecule has 21 heavy (non-hydrogen) atoms. The molecule has 0 radical (unpaired) electrons. The SMILES string of the molecule is FC(F)(F)Oc1cc(C(=S)N2CCC2)ccc1C(F)(F)F. The number of hydrogen-bond donors (Lipinski definition) is 0. The lowest BCUT2D eigenvalue weighted by atomic mass is 10.1. The number of nitrogens with zero attached hydrogens (tertiary/aromatic N) is 1. The van der Waals surface area contributed by atoms with Gasteiger partial charge in [0.25, 0.3) is 0 Å². The summed E-state index contributed by atoms with van der Waals surface area (Å²) >= 11 is 5.04. The summed E-state index contributed by atoms with van der Waals surface area (Å²) in [5.41, 5.74) is -1.40. The fourth-order valence-electron chi connectivity index (χ4n) is 1.80. The Balaban J connectivity index is 2.38. The van der Waals surface area contributed by atoms with Crippen LogP contribution in [-0.2, 0) is 6.18 Å². The number of halogens is 6. The largest absolute Gasteiger partial charge is 0.573 e. The molecule has 1 aliphatic heterocycles. The van der Waals surface area contributed by atoms with E-state index in [-0.39, 0.29) is 10.6 Å². The van der Waals surface area contributed by atoms with Crippen molar-refractivity contribution in [3.8, 4) is 5.75 Å². The maximum atomic E-state index is 12.7. The minimum Gasteiger partial charge on any atom is -0.405 e. The van der Waals surface area contributed by atoms with Crippen LogP contribution >= 0.6 is 12.2 Å². The Morgan fingerprint density at radius 3 is 2.14 bits per heavy atom. The molecule has 9 heteroatoms. The molecule has 0 amide bonds. The van der Waals surface area contributed by atoms with Gasteiger partial charge in [-0.3, -0.25) is 0 Å².